The summed E-state index contributed by atoms with van der Waals surface area (Å²) < 4.78 is 26.6. The molecule has 3 nitrogen and oxygen atoms in total. The van der Waals surface area contributed by atoms with Crippen molar-refractivity contribution in [2.45, 2.75) is 44.6 Å². The maximum Gasteiger partial charge on any atom is 0.243 e. The maximum atomic E-state index is 12.5. The van der Waals surface area contributed by atoms with Crippen molar-refractivity contribution in [3.05, 3.63) is 30.3 Å². The number of hydrogen-bond acceptors (Lipinski definition) is 2. The molecule has 0 aromatic heterocycles. The van der Waals surface area contributed by atoms with E-state index in [-0.39, 0.29) is 5.54 Å². The van der Waals surface area contributed by atoms with Crippen LogP contribution in [0.2, 0.25) is 0 Å². The van der Waals surface area contributed by atoms with Crippen molar-refractivity contribution in [3.8, 4) is 0 Å². The Morgan fingerprint density at radius 3 is 2.06 bits per heavy atom. The van der Waals surface area contributed by atoms with Crippen molar-refractivity contribution in [2.75, 3.05) is 6.54 Å². The average molecular weight is 255 g/mol. The molecule has 0 saturated heterocycles. The van der Waals surface area contributed by atoms with Crippen molar-refractivity contribution < 1.29 is 8.42 Å². The molecule has 0 atom stereocenters. The largest absolute Gasteiger partial charge is 0.243 e. The Labute approximate surface area is 105 Å². The van der Waals surface area contributed by atoms with E-state index < -0.39 is 10.0 Å². The van der Waals surface area contributed by atoms with E-state index in [0.29, 0.717) is 11.4 Å². The SMILES string of the molecule is CCN(C(C)(C)CC)S(=O)(=O)c1ccccc1. The lowest BCUT2D eigenvalue weighted by molar-refractivity contribution is 0.229. The molecule has 1 aromatic carbocycles. The Morgan fingerprint density at radius 2 is 1.65 bits per heavy atom. The van der Waals surface area contributed by atoms with Crippen LogP contribution in [0.3, 0.4) is 0 Å². The van der Waals surface area contributed by atoms with E-state index >= 15 is 0 Å². The minimum atomic E-state index is -3.39. The van der Waals surface area contributed by atoms with E-state index in [2.05, 4.69) is 0 Å². The summed E-state index contributed by atoms with van der Waals surface area (Å²) in [7, 11) is -3.39. The van der Waals surface area contributed by atoms with E-state index in [0.717, 1.165) is 6.42 Å². The zero-order valence-corrected chi connectivity index (χ0v) is 11.8. The van der Waals surface area contributed by atoms with Gasteiger partial charge in [-0.2, -0.15) is 4.31 Å². The van der Waals surface area contributed by atoms with Gasteiger partial charge in [0.2, 0.25) is 10.0 Å². The van der Waals surface area contributed by atoms with Gasteiger partial charge in [0.05, 0.1) is 4.90 Å². The Balaban J connectivity index is 3.22. The first-order valence-electron chi connectivity index (χ1n) is 5.94. The van der Waals surface area contributed by atoms with Gasteiger partial charge < -0.3 is 0 Å². The summed E-state index contributed by atoms with van der Waals surface area (Å²) in [5, 5.41) is 0. The monoisotopic (exact) mass is 255 g/mol. The summed E-state index contributed by atoms with van der Waals surface area (Å²) in [6, 6.07) is 8.60. The second-order valence-corrected chi connectivity index (χ2v) is 6.51. The second kappa shape index (κ2) is 5.19. The van der Waals surface area contributed by atoms with Gasteiger partial charge in [-0.15, -0.1) is 0 Å². The molecule has 0 spiro atoms. The quantitative estimate of drug-likeness (QED) is 0.811. The van der Waals surface area contributed by atoms with Crippen LogP contribution in [0.15, 0.2) is 35.2 Å². The lowest BCUT2D eigenvalue weighted by Gasteiger charge is -2.36. The predicted molar refractivity (Wildman–Crippen MR) is 70.4 cm³/mol. The highest BCUT2D eigenvalue weighted by Gasteiger charge is 2.34. The smallest absolute Gasteiger partial charge is 0.207 e. The van der Waals surface area contributed by atoms with Crippen LogP contribution < -0.4 is 0 Å². The number of benzene rings is 1. The average Bonchev–Trinajstić information content (AvgIpc) is 2.30. The van der Waals surface area contributed by atoms with Crippen LogP contribution in [-0.4, -0.2) is 24.8 Å². The molecule has 0 N–H and O–H groups in total. The first-order chi connectivity index (χ1) is 7.86. The number of sulfonamides is 1. The molecule has 0 aliphatic heterocycles. The lowest BCUT2D eigenvalue weighted by Crippen LogP contribution is -2.47. The summed E-state index contributed by atoms with van der Waals surface area (Å²) in [5.74, 6) is 0. The summed E-state index contributed by atoms with van der Waals surface area (Å²) >= 11 is 0. The van der Waals surface area contributed by atoms with E-state index in [1.165, 1.54) is 0 Å². The molecular weight excluding hydrogens is 234 g/mol. The molecule has 0 saturated carbocycles. The molecule has 4 heteroatoms. The first kappa shape index (κ1) is 14.2. The van der Waals surface area contributed by atoms with Crippen molar-refractivity contribution >= 4 is 10.0 Å². The lowest BCUT2D eigenvalue weighted by atomic mass is 10.0. The van der Waals surface area contributed by atoms with Gasteiger partial charge in [-0.25, -0.2) is 8.42 Å². The third-order valence-electron chi connectivity index (χ3n) is 3.16. The van der Waals surface area contributed by atoms with Gasteiger partial charge in [-0.3, -0.25) is 0 Å². The normalized spacial score (nSPS) is 13.0. The van der Waals surface area contributed by atoms with Crippen molar-refractivity contribution in [3.63, 3.8) is 0 Å². The van der Waals surface area contributed by atoms with Crippen LogP contribution in [0.4, 0.5) is 0 Å². The van der Waals surface area contributed by atoms with Gasteiger partial charge in [0.25, 0.3) is 0 Å². The Morgan fingerprint density at radius 1 is 1.12 bits per heavy atom. The minimum absolute atomic E-state index is 0.358. The molecule has 1 aromatic rings. The summed E-state index contributed by atoms with van der Waals surface area (Å²) in [5.41, 5.74) is -0.358. The fourth-order valence-corrected chi connectivity index (χ4v) is 3.69. The third kappa shape index (κ3) is 2.87. The zero-order valence-electron chi connectivity index (χ0n) is 11.0. The molecule has 96 valence electrons. The van der Waals surface area contributed by atoms with Gasteiger partial charge in [0.1, 0.15) is 0 Å². The van der Waals surface area contributed by atoms with Crippen LogP contribution in [0.25, 0.3) is 0 Å². The molecule has 0 bridgehead atoms. The molecular formula is C13H21NO2S. The van der Waals surface area contributed by atoms with Crippen molar-refractivity contribution in [2.24, 2.45) is 0 Å². The summed E-state index contributed by atoms with van der Waals surface area (Å²) in [4.78, 5) is 0.364. The Hall–Kier alpha value is -0.870. The van der Waals surface area contributed by atoms with Gasteiger partial charge in [-0.05, 0) is 32.4 Å². The molecule has 0 aliphatic rings. The highest BCUT2D eigenvalue weighted by atomic mass is 32.2. The minimum Gasteiger partial charge on any atom is -0.207 e. The van der Waals surface area contributed by atoms with E-state index in [4.69, 9.17) is 0 Å². The molecule has 0 fully saturated rings. The fraction of sp³-hybridized carbons (Fsp3) is 0.538. The van der Waals surface area contributed by atoms with E-state index in [9.17, 15) is 8.42 Å². The van der Waals surface area contributed by atoms with Crippen LogP contribution in [0.1, 0.15) is 34.1 Å². The molecule has 1 rings (SSSR count). The summed E-state index contributed by atoms with van der Waals surface area (Å²) in [6.07, 6.45) is 0.785. The van der Waals surface area contributed by atoms with Gasteiger partial charge in [0.15, 0.2) is 0 Å². The first-order valence-corrected chi connectivity index (χ1v) is 7.38. The van der Waals surface area contributed by atoms with Gasteiger partial charge in [-0.1, -0.05) is 32.0 Å². The number of rotatable bonds is 5. The zero-order chi connectivity index (χ0) is 13.1. The van der Waals surface area contributed by atoms with Crippen LogP contribution in [-0.2, 0) is 10.0 Å². The van der Waals surface area contributed by atoms with Crippen LogP contribution in [0.5, 0.6) is 0 Å². The molecule has 17 heavy (non-hydrogen) atoms. The molecule has 0 heterocycles. The molecule has 0 amide bonds. The maximum absolute atomic E-state index is 12.5. The molecule has 0 aliphatic carbocycles. The van der Waals surface area contributed by atoms with Gasteiger partial charge in [0, 0.05) is 12.1 Å². The summed E-state index contributed by atoms with van der Waals surface area (Å²) in [6.45, 7) is 8.27. The van der Waals surface area contributed by atoms with E-state index in [1.54, 1.807) is 28.6 Å². The highest BCUT2D eigenvalue weighted by Crippen LogP contribution is 2.26. The van der Waals surface area contributed by atoms with Crippen molar-refractivity contribution in [1.29, 1.82) is 0 Å². The standard InChI is InChI=1S/C13H21NO2S/c1-5-13(3,4)14(6-2)17(15,16)12-10-8-7-9-11-12/h7-11H,5-6H2,1-4H3. The fourth-order valence-electron chi connectivity index (χ4n) is 1.82. The number of hydrogen-bond donors (Lipinski definition) is 0. The van der Waals surface area contributed by atoms with Crippen LogP contribution in [0, 0.1) is 0 Å². The number of nitrogens with zero attached hydrogens (tertiary/aromatic N) is 1. The second-order valence-electron chi connectivity index (χ2n) is 4.65. The Bertz CT molecular complexity index is 452. The van der Waals surface area contributed by atoms with Crippen LogP contribution >= 0.6 is 0 Å². The van der Waals surface area contributed by atoms with Crippen molar-refractivity contribution in [1.82, 2.24) is 4.31 Å². The predicted octanol–water partition coefficient (Wildman–Crippen LogP) is 2.89. The molecule has 0 unspecified atom stereocenters. The highest BCUT2D eigenvalue weighted by molar-refractivity contribution is 7.89. The topological polar surface area (TPSA) is 37.4 Å². The van der Waals surface area contributed by atoms with E-state index in [1.807, 2.05) is 33.8 Å². The molecule has 0 radical (unpaired) electrons. The third-order valence-corrected chi connectivity index (χ3v) is 5.36. The van der Waals surface area contributed by atoms with Gasteiger partial charge >= 0.3 is 0 Å². The Kier molecular flexibility index (Phi) is 4.33.